The molecule has 4 rings (SSSR count). The normalized spacial score (nSPS) is 15.4. The fourth-order valence-corrected chi connectivity index (χ4v) is 4.07. The number of hydrogen-bond acceptors (Lipinski definition) is 3. The molecule has 0 spiro atoms. The summed E-state index contributed by atoms with van der Waals surface area (Å²) >= 11 is 0. The largest absolute Gasteiger partial charge is 0.349 e. The molecule has 1 aliphatic rings. The first kappa shape index (κ1) is 20.4. The quantitative estimate of drug-likeness (QED) is 0.672. The number of amides is 1. The van der Waals surface area contributed by atoms with Gasteiger partial charge in [-0.1, -0.05) is 60.7 Å². The lowest BCUT2D eigenvalue weighted by Crippen LogP contribution is -2.46. The zero-order valence-corrected chi connectivity index (χ0v) is 17.8. The Hall–Kier alpha value is -2.92. The van der Waals surface area contributed by atoms with Crippen molar-refractivity contribution in [1.29, 1.82) is 0 Å². The third kappa shape index (κ3) is 4.79. The Morgan fingerprint density at radius 1 is 1.03 bits per heavy atom. The van der Waals surface area contributed by atoms with Gasteiger partial charge in [-0.3, -0.25) is 9.48 Å². The summed E-state index contributed by atoms with van der Waals surface area (Å²) in [6.07, 6.45) is 3.86. The first-order valence-corrected chi connectivity index (χ1v) is 10.8. The molecule has 30 heavy (non-hydrogen) atoms. The number of piperidine rings is 1. The highest BCUT2D eigenvalue weighted by Crippen LogP contribution is 2.23. The van der Waals surface area contributed by atoms with E-state index in [4.69, 9.17) is 5.10 Å². The Bertz CT molecular complexity index is 957. The summed E-state index contributed by atoms with van der Waals surface area (Å²) in [5, 5.41) is 8.04. The summed E-state index contributed by atoms with van der Waals surface area (Å²) in [6.45, 7) is 7.15. The monoisotopic (exact) mass is 402 g/mol. The minimum Gasteiger partial charge on any atom is -0.349 e. The van der Waals surface area contributed by atoms with Crippen molar-refractivity contribution >= 4 is 5.91 Å². The summed E-state index contributed by atoms with van der Waals surface area (Å²) in [7, 11) is 0. The molecule has 156 valence electrons. The van der Waals surface area contributed by atoms with Crippen molar-refractivity contribution in [3.05, 3.63) is 78.0 Å². The molecular weight excluding hydrogens is 372 g/mol. The van der Waals surface area contributed by atoms with Gasteiger partial charge in [0, 0.05) is 36.9 Å². The average molecular weight is 403 g/mol. The van der Waals surface area contributed by atoms with Crippen molar-refractivity contribution in [2.24, 2.45) is 0 Å². The van der Waals surface area contributed by atoms with E-state index in [-0.39, 0.29) is 11.9 Å². The third-order valence-corrected chi connectivity index (χ3v) is 5.84. The SMILES string of the molecule is CC(C)N1CCC(NC(=O)c2cn(Cc3ccccc3)nc2-c2ccccc2)CC1. The van der Waals surface area contributed by atoms with Crippen molar-refractivity contribution < 1.29 is 4.79 Å². The molecule has 1 aromatic heterocycles. The van der Waals surface area contributed by atoms with Crippen LogP contribution in [0.5, 0.6) is 0 Å². The van der Waals surface area contributed by atoms with Crippen LogP contribution < -0.4 is 5.32 Å². The molecule has 1 amide bonds. The van der Waals surface area contributed by atoms with Gasteiger partial charge in [0.25, 0.3) is 5.91 Å². The van der Waals surface area contributed by atoms with E-state index in [1.54, 1.807) is 0 Å². The number of carbonyl (C=O) groups excluding carboxylic acids is 1. The van der Waals surface area contributed by atoms with E-state index in [2.05, 4.69) is 36.2 Å². The lowest BCUT2D eigenvalue weighted by Gasteiger charge is -2.34. The van der Waals surface area contributed by atoms with Gasteiger partial charge < -0.3 is 10.2 Å². The molecule has 1 saturated heterocycles. The van der Waals surface area contributed by atoms with Gasteiger partial charge in [-0.2, -0.15) is 5.10 Å². The molecular formula is C25H30N4O. The maximum absolute atomic E-state index is 13.2. The van der Waals surface area contributed by atoms with Gasteiger partial charge >= 0.3 is 0 Å². The molecule has 1 aliphatic heterocycles. The van der Waals surface area contributed by atoms with Crippen LogP contribution in [0.25, 0.3) is 11.3 Å². The van der Waals surface area contributed by atoms with Gasteiger partial charge in [0.2, 0.25) is 0 Å². The first-order valence-electron chi connectivity index (χ1n) is 10.8. The predicted octanol–water partition coefficient (Wildman–Crippen LogP) is 4.20. The van der Waals surface area contributed by atoms with E-state index in [0.29, 0.717) is 18.2 Å². The zero-order chi connectivity index (χ0) is 20.9. The smallest absolute Gasteiger partial charge is 0.255 e. The highest BCUT2D eigenvalue weighted by Gasteiger charge is 2.25. The molecule has 3 aromatic rings. The predicted molar refractivity (Wildman–Crippen MR) is 120 cm³/mol. The number of carbonyl (C=O) groups is 1. The van der Waals surface area contributed by atoms with Crippen molar-refractivity contribution in [2.45, 2.75) is 45.3 Å². The average Bonchev–Trinajstić information content (AvgIpc) is 3.19. The van der Waals surface area contributed by atoms with Crippen LogP contribution in [0.1, 0.15) is 42.6 Å². The fraction of sp³-hybridized carbons (Fsp3) is 0.360. The van der Waals surface area contributed by atoms with Crippen molar-refractivity contribution in [3.63, 3.8) is 0 Å². The van der Waals surface area contributed by atoms with Gasteiger partial charge in [0.1, 0.15) is 5.69 Å². The highest BCUT2D eigenvalue weighted by molar-refractivity contribution is 6.00. The number of likely N-dealkylation sites (tertiary alicyclic amines) is 1. The standard InChI is InChI=1S/C25H30N4O/c1-19(2)28-15-13-22(14-16-28)26-25(30)23-18-29(17-20-9-5-3-6-10-20)27-24(23)21-11-7-4-8-12-21/h3-12,18-19,22H,13-17H2,1-2H3,(H,26,30). The van der Waals surface area contributed by atoms with Crippen molar-refractivity contribution in [2.75, 3.05) is 13.1 Å². The molecule has 0 bridgehead atoms. The second-order valence-electron chi connectivity index (χ2n) is 8.32. The van der Waals surface area contributed by atoms with E-state index in [1.807, 2.05) is 59.4 Å². The molecule has 0 unspecified atom stereocenters. The minimum atomic E-state index is -0.0313. The lowest BCUT2D eigenvalue weighted by atomic mass is 10.0. The molecule has 1 N–H and O–H groups in total. The summed E-state index contributed by atoms with van der Waals surface area (Å²) in [4.78, 5) is 15.7. The van der Waals surface area contributed by atoms with Crippen LogP contribution in [0.4, 0.5) is 0 Å². The molecule has 5 nitrogen and oxygen atoms in total. The summed E-state index contributed by atoms with van der Waals surface area (Å²) in [5.41, 5.74) is 3.50. The number of hydrogen-bond donors (Lipinski definition) is 1. The number of rotatable bonds is 6. The van der Waals surface area contributed by atoms with Crippen LogP contribution in [0.2, 0.25) is 0 Å². The fourth-order valence-electron chi connectivity index (χ4n) is 4.07. The van der Waals surface area contributed by atoms with Gasteiger partial charge in [0.15, 0.2) is 0 Å². The molecule has 0 aliphatic carbocycles. The Morgan fingerprint density at radius 3 is 2.30 bits per heavy atom. The first-order chi connectivity index (χ1) is 14.6. The Morgan fingerprint density at radius 2 is 1.67 bits per heavy atom. The number of nitrogens with one attached hydrogen (secondary N) is 1. The van der Waals surface area contributed by atoms with Gasteiger partial charge in [-0.25, -0.2) is 0 Å². The van der Waals surface area contributed by atoms with E-state index in [9.17, 15) is 4.79 Å². The maximum Gasteiger partial charge on any atom is 0.255 e. The van der Waals surface area contributed by atoms with Crippen LogP contribution in [-0.2, 0) is 6.54 Å². The topological polar surface area (TPSA) is 50.2 Å². The number of benzene rings is 2. The van der Waals surface area contributed by atoms with Gasteiger partial charge in [0.05, 0.1) is 12.1 Å². The third-order valence-electron chi connectivity index (χ3n) is 5.84. The van der Waals surface area contributed by atoms with Crippen LogP contribution in [-0.4, -0.2) is 45.8 Å². The molecule has 5 heteroatoms. The Balaban J connectivity index is 1.54. The van der Waals surface area contributed by atoms with Crippen LogP contribution in [0.3, 0.4) is 0 Å². The summed E-state index contributed by atoms with van der Waals surface area (Å²) in [6, 6.07) is 20.9. The summed E-state index contributed by atoms with van der Waals surface area (Å²) < 4.78 is 1.87. The maximum atomic E-state index is 13.2. The van der Waals surface area contributed by atoms with Crippen LogP contribution in [0.15, 0.2) is 66.9 Å². The number of nitrogens with zero attached hydrogens (tertiary/aromatic N) is 3. The Kier molecular flexibility index (Phi) is 6.29. The van der Waals surface area contributed by atoms with E-state index in [1.165, 1.54) is 0 Å². The number of aromatic nitrogens is 2. The minimum absolute atomic E-state index is 0.0313. The second kappa shape index (κ2) is 9.26. The molecule has 1 fully saturated rings. The van der Waals surface area contributed by atoms with E-state index < -0.39 is 0 Å². The Labute approximate surface area is 178 Å². The lowest BCUT2D eigenvalue weighted by molar-refractivity contribution is 0.0901. The van der Waals surface area contributed by atoms with Crippen molar-refractivity contribution in [3.8, 4) is 11.3 Å². The molecule has 2 heterocycles. The molecule has 2 aromatic carbocycles. The zero-order valence-electron chi connectivity index (χ0n) is 17.8. The second-order valence-corrected chi connectivity index (χ2v) is 8.32. The summed E-state index contributed by atoms with van der Waals surface area (Å²) in [5.74, 6) is -0.0313. The van der Waals surface area contributed by atoms with Gasteiger partial charge in [-0.05, 0) is 32.3 Å². The van der Waals surface area contributed by atoms with E-state index >= 15 is 0 Å². The van der Waals surface area contributed by atoms with Crippen LogP contribution in [0, 0.1) is 0 Å². The highest BCUT2D eigenvalue weighted by atomic mass is 16.1. The van der Waals surface area contributed by atoms with Crippen molar-refractivity contribution in [1.82, 2.24) is 20.0 Å². The van der Waals surface area contributed by atoms with Gasteiger partial charge in [-0.15, -0.1) is 0 Å². The van der Waals surface area contributed by atoms with Crippen LogP contribution >= 0.6 is 0 Å². The molecule has 0 atom stereocenters. The molecule has 0 saturated carbocycles. The van der Waals surface area contributed by atoms with E-state index in [0.717, 1.165) is 42.8 Å². The molecule has 0 radical (unpaired) electrons.